The van der Waals surface area contributed by atoms with E-state index in [4.69, 9.17) is 4.42 Å². The number of esters is 1. The van der Waals surface area contributed by atoms with Crippen LogP contribution in [0, 0.1) is 19.7 Å². The van der Waals surface area contributed by atoms with Crippen LogP contribution in [-0.2, 0) is 11.3 Å². The van der Waals surface area contributed by atoms with Gasteiger partial charge in [0, 0.05) is 18.0 Å². The lowest BCUT2D eigenvalue weighted by Crippen LogP contribution is -2.09. The van der Waals surface area contributed by atoms with E-state index in [9.17, 15) is 14.0 Å². The summed E-state index contributed by atoms with van der Waals surface area (Å²) in [5.41, 5.74) is 3.04. The number of carbonyl (C=O) groups is 1. The first kappa shape index (κ1) is 17.7. The van der Waals surface area contributed by atoms with Gasteiger partial charge in [-0.1, -0.05) is 12.1 Å². The normalized spacial score (nSPS) is 10.8. The molecule has 0 aliphatic carbocycles. The van der Waals surface area contributed by atoms with Crippen molar-refractivity contribution in [2.45, 2.75) is 20.4 Å². The summed E-state index contributed by atoms with van der Waals surface area (Å²) in [6.07, 6.45) is 0. The Kier molecular flexibility index (Phi) is 4.75. The average molecular weight is 355 g/mol. The Bertz CT molecular complexity index is 1060. The van der Waals surface area contributed by atoms with Gasteiger partial charge in [0.15, 0.2) is 0 Å². The predicted octanol–water partition coefficient (Wildman–Crippen LogP) is 3.95. The number of hydrogen-bond acceptors (Lipinski definition) is 5. The van der Waals surface area contributed by atoms with Crippen LogP contribution in [-0.4, -0.2) is 13.1 Å². The van der Waals surface area contributed by atoms with Gasteiger partial charge in [-0.05, 0) is 48.7 Å². The van der Waals surface area contributed by atoms with Crippen molar-refractivity contribution in [3.05, 3.63) is 74.9 Å². The molecule has 0 aliphatic rings. The van der Waals surface area contributed by atoms with Crippen molar-refractivity contribution in [3.8, 4) is 0 Å². The highest BCUT2D eigenvalue weighted by Crippen LogP contribution is 2.24. The molecule has 1 heterocycles. The second kappa shape index (κ2) is 7.00. The molecule has 3 aromatic rings. The van der Waals surface area contributed by atoms with E-state index in [1.54, 1.807) is 0 Å². The first-order chi connectivity index (χ1) is 12.4. The summed E-state index contributed by atoms with van der Waals surface area (Å²) < 4.78 is 24.0. The fourth-order valence-electron chi connectivity index (χ4n) is 2.77. The van der Waals surface area contributed by atoms with Gasteiger partial charge in [-0.15, -0.1) is 0 Å². The molecule has 0 radical (unpaired) electrons. The molecule has 0 fully saturated rings. The molecule has 5 nitrogen and oxygen atoms in total. The van der Waals surface area contributed by atoms with Crippen molar-refractivity contribution in [3.63, 3.8) is 0 Å². The van der Waals surface area contributed by atoms with Crippen molar-refractivity contribution in [2.75, 3.05) is 12.4 Å². The second-order valence-electron chi connectivity index (χ2n) is 6.01. The lowest BCUT2D eigenvalue weighted by molar-refractivity contribution is 0.0600. The minimum absolute atomic E-state index is 0.151. The van der Waals surface area contributed by atoms with Gasteiger partial charge < -0.3 is 14.5 Å². The van der Waals surface area contributed by atoms with Crippen molar-refractivity contribution in [1.29, 1.82) is 0 Å². The molecule has 26 heavy (non-hydrogen) atoms. The van der Waals surface area contributed by atoms with Crippen LogP contribution in [0.15, 0.2) is 45.6 Å². The summed E-state index contributed by atoms with van der Waals surface area (Å²) in [5.74, 6) is -1.05. The van der Waals surface area contributed by atoms with Gasteiger partial charge in [0.1, 0.15) is 11.4 Å². The van der Waals surface area contributed by atoms with Crippen LogP contribution in [0.25, 0.3) is 11.0 Å². The molecule has 134 valence electrons. The van der Waals surface area contributed by atoms with Gasteiger partial charge in [0.25, 0.3) is 0 Å². The summed E-state index contributed by atoms with van der Waals surface area (Å²) >= 11 is 0. The van der Waals surface area contributed by atoms with Crippen LogP contribution in [0.2, 0.25) is 0 Å². The zero-order chi connectivity index (χ0) is 18.8. The smallest absolute Gasteiger partial charge is 0.337 e. The third-order valence-electron chi connectivity index (χ3n) is 4.37. The maximum absolute atomic E-state index is 14.1. The van der Waals surface area contributed by atoms with Gasteiger partial charge in [-0.2, -0.15) is 0 Å². The minimum Gasteiger partial charge on any atom is -0.465 e. The number of nitrogens with one attached hydrogen (secondary N) is 1. The van der Waals surface area contributed by atoms with Crippen LogP contribution in [0.5, 0.6) is 0 Å². The van der Waals surface area contributed by atoms with Crippen molar-refractivity contribution < 1.29 is 18.3 Å². The molecule has 0 saturated carbocycles. The largest absolute Gasteiger partial charge is 0.465 e. The average Bonchev–Trinajstić information content (AvgIpc) is 2.63. The molecule has 0 atom stereocenters. The molecular weight excluding hydrogens is 337 g/mol. The van der Waals surface area contributed by atoms with E-state index in [-0.39, 0.29) is 17.8 Å². The molecule has 6 heteroatoms. The zero-order valence-electron chi connectivity index (χ0n) is 14.7. The molecule has 0 aliphatic heterocycles. The fraction of sp³-hybridized carbons (Fsp3) is 0.200. The lowest BCUT2D eigenvalue weighted by atomic mass is 10.0. The molecule has 0 spiro atoms. The van der Waals surface area contributed by atoms with E-state index in [0.29, 0.717) is 11.1 Å². The van der Waals surface area contributed by atoms with Crippen LogP contribution < -0.4 is 10.9 Å². The number of rotatable bonds is 4. The number of carbonyl (C=O) groups excluding carboxylic acids is 1. The summed E-state index contributed by atoms with van der Waals surface area (Å²) in [4.78, 5) is 23.5. The Morgan fingerprint density at radius 2 is 1.96 bits per heavy atom. The summed E-state index contributed by atoms with van der Waals surface area (Å²) in [5, 5.41) is 3.72. The number of methoxy groups -OCH3 is 1. The standard InChI is InChI=1S/C20H18FNO4/c1-11-4-6-15-14(9-18(23)26-19(15)12(11)2)10-22-17-8-13(20(24)25-3)5-7-16(17)21/h4-9,22H,10H2,1-3H3. The lowest BCUT2D eigenvalue weighted by Gasteiger charge is -2.12. The molecular formula is C20H18FNO4. The van der Waals surface area contributed by atoms with Gasteiger partial charge >= 0.3 is 11.6 Å². The zero-order valence-corrected chi connectivity index (χ0v) is 14.7. The summed E-state index contributed by atoms with van der Waals surface area (Å²) in [7, 11) is 1.26. The highest BCUT2D eigenvalue weighted by Gasteiger charge is 2.12. The van der Waals surface area contributed by atoms with Gasteiger partial charge in [0.2, 0.25) is 0 Å². The number of aryl methyl sites for hydroxylation is 2. The second-order valence-corrected chi connectivity index (χ2v) is 6.01. The van der Waals surface area contributed by atoms with E-state index in [2.05, 4.69) is 10.1 Å². The fourth-order valence-corrected chi connectivity index (χ4v) is 2.77. The molecule has 1 N–H and O–H groups in total. The first-order valence-corrected chi connectivity index (χ1v) is 8.05. The highest BCUT2D eigenvalue weighted by atomic mass is 19.1. The number of ether oxygens (including phenoxy) is 1. The van der Waals surface area contributed by atoms with Gasteiger partial charge in [-0.3, -0.25) is 0 Å². The Morgan fingerprint density at radius 1 is 1.19 bits per heavy atom. The van der Waals surface area contributed by atoms with Crippen LogP contribution in [0.4, 0.5) is 10.1 Å². The first-order valence-electron chi connectivity index (χ1n) is 8.05. The molecule has 0 bridgehead atoms. The number of hydrogen-bond donors (Lipinski definition) is 1. The van der Waals surface area contributed by atoms with E-state index < -0.39 is 17.4 Å². The maximum Gasteiger partial charge on any atom is 0.337 e. The Hall–Kier alpha value is -3.15. The maximum atomic E-state index is 14.1. The molecule has 2 aromatic carbocycles. The van der Waals surface area contributed by atoms with Crippen LogP contribution >= 0.6 is 0 Å². The summed E-state index contributed by atoms with van der Waals surface area (Å²) in [6, 6.07) is 9.12. The predicted molar refractivity (Wildman–Crippen MR) is 97.0 cm³/mol. The Labute approximate surface area is 149 Å². The number of anilines is 1. The molecule has 3 rings (SSSR count). The minimum atomic E-state index is -0.551. The van der Waals surface area contributed by atoms with Crippen molar-refractivity contribution in [2.24, 2.45) is 0 Å². The molecule has 0 saturated heterocycles. The Balaban J connectivity index is 1.97. The molecule has 0 amide bonds. The van der Waals surface area contributed by atoms with Crippen LogP contribution in [0.3, 0.4) is 0 Å². The third kappa shape index (κ3) is 3.31. The molecule has 1 aromatic heterocycles. The number of benzene rings is 2. The van der Waals surface area contributed by atoms with E-state index in [1.807, 2.05) is 26.0 Å². The van der Waals surface area contributed by atoms with Crippen LogP contribution in [0.1, 0.15) is 27.0 Å². The third-order valence-corrected chi connectivity index (χ3v) is 4.37. The van der Waals surface area contributed by atoms with E-state index in [1.165, 1.54) is 31.4 Å². The Morgan fingerprint density at radius 3 is 2.69 bits per heavy atom. The highest BCUT2D eigenvalue weighted by molar-refractivity contribution is 5.90. The van der Waals surface area contributed by atoms with Gasteiger partial charge in [0.05, 0.1) is 18.4 Å². The SMILES string of the molecule is COC(=O)c1ccc(F)c(NCc2cc(=O)oc3c(C)c(C)ccc23)c1. The number of fused-ring (bicyclic) bond motifs is 1. The van der Waals surface area contributed by atoms with Crippen molar-refractivity contribution >= 4 is 22.6 Å². The topological polar surface area (TPSA) is 68.5 Å². The monoisotopic (exact) mass is 355 g/mol. The van der Waals surface area contributed by atoms with E-state index in [0.717, 1.165) is 16.5 Å². The number of halogens is 1. The summed E-state index contributed by atoms with van der Waals surface area (Å²) in [6.45, 7) is 4.02. The van der Waals surface area contributed by atoms with Crippen molar-refractivity contribution in [1.82, 2.24) is 0 Å². The molecule has 0 unspecified atom stereocenters. The van der Waals surface area contributed by atoms with E-state index >= 15 is 0 Å². The van der Waals surface area contributed by atoms with Gasteiger partial charge in [-0.25, -0.2) is 14.0 Å². The quantitative estimate of drug-likeness (QED) is 0.567.